The SMILES string of the molecule is COc1ccc(C=CC(=O)Nc2ccccc2C(=O)OCC(C)=O)cc1. The van der Waals surface area contributed by atoms with Gasteiger partial charge in [0.05, 0.1) is 18.4 Å². The van der Waals surface area contributed by atoms with Crippen molar-refractivity contribution in [1.82, 2.24) is 0 Å². The van der Waals surface area contributed by atoms with Crippen LogP contribution < -0.4 is 10.1 Å². The summed E-state index contributed by atoms with van der Waals surface area (Å²) in [6.45, 7) is 1.02. The van der Waals surface area contributed by atoms with Crippen molar-refractivity contribution < 1.29 is 23.9 Å². The normalized spacial score (nSPS) is 10.4. The molecule has 0 heterocycles. The van der Waals surface area contributed by atoms with Crippen LogP contribution in [0.25, 0.3) is 6.08 Å². The summed E-state index contributed by atoms with van der Waals surface area (Å²) in [7, 11) is 1.58. The number of hydrogen-bond donors (Lipinski definition) is 1. The summed E-state index contributed by atoms with van der Waals surface area (Å²) < 4.78 is 9.97. The Balaban J connectivity index is 2.05. The molecule has 0 aliphatic carbocycles. The van der Waals surface area contributed by atoms with Crippen LogP contribution in [0.5, 0.6) is 5.75 Å². The van der Waals surface area contributed by atoms with E-state index in [1.165, 1.54) is 19.1 Å². The fraction of sp³-hybridized carbons (Fsp3) is 0.150. The van der Waals surface area contributed by atoms with Gasteiger partial charge < -0.3 is 14.8 Å². The second kappa shape index (κ2) is 9.17. The third kappa shape index (κ3) is 5.59. The van der Waals surface area contributed by atoms with Crippen LogP contribution >= 0.6 is 0 Å². The van der Waals surface area contributed by atoms with Crippen LogP contribution in [0.1, 0.15) is 22.8 Å². The zero-order valence-corrected chi connectivity index (χ0v) is 14.5. The Morgan fingerprint density at radius 3 is 2.38 bits per heavy atom. The van der Waals surface area contributed by atoms with E-state index in [2.05, 4.69) is 5.32 Å². The molecule has 6 nitrogen and oxygen atoms in total. The number of methoxy groups -OCH3 is 1. The van der Waals surface area contributed by atoms with E-state index in [1.807, 2.05) is 12.1 Å². The van der Waals surface area contributed by atoms with E-state index < -0.39 is 11.9 Å². The molecular formula is C20H19NO5. The van der Waals surface area contributed by atoms with Crippen LogP contribution in [0.15, 0.2) is 54.6 Å². The van der Waals surface area contributed by atoms with Gasteiger partial charge in [-0.3, -0.25) is 9.59 Å². The van der Waals surface area contributed by atoms with Crippen molar-refractivity contribution in [2.45, 2.75) is 6.92 Å². The number of ketones is 1. The van der Waals surface area contributed by atoms with Gasteiger partial charge in [-0.1, -0.05) is 24.3 Å². The van der Waals surface area contributed by atoms with Crippen LogP contribution in [-0.2, 0) is 14.3 Å². The smallest absolute Gasteiger partial charge is 0.340 e. The zero-order valence-electron chi connectivity index (χ0n) is 14.5. The molecular weight excluding hydrogens is 334 g/mol. The maximum atomic E-state index is 12.1. The molecule has 1 N–H and O–H groups in total. The standard InChI is InChI=1S/C20H19NO5/c1-14(22)13-26-20(24)17-5-3-4-6-18(17)21-19(23)12-9-15-7-10-16(25-2)11-8-15/h3-12H,13H2,1-2H3,(H,21,23). The van der Waals surface area contributed by atoms with Crippen LogP contribution in [0.2, 0.25) is 0 Å². The highest BCUT2D eigenvalue weighted by molar-refractivity contribution is 6.06. The number of Topliss-reactive ketones (excluding diaryl/α,β-unsaturated/α-hetero) is 1. The lowest BCUT2D eigenvalue weighted by Gasteiger charge is -2.09. The van der Waals surface area contributed by atoms with Crippen molar-refractivity contribution in [1.29, 1.82) is 0 Å². The Labute approximate surface area is 151 Å². The highest BCUT2D eigenvalue weighted by Gasteiger charge is 2.14. The van der Waals surface area contributed by atoms with E-state index in [9.17, 15) is 14.4 Å². The molecule has 0 spiro atoms. The minimum absolute atomic E-state index is 0.181. The van der Waals surface area contributed by atoms with Crippen molar-refractivity contribution in [3.8, 4) is 5.75 Å². The van der Waals surface area contributed by atoms with Crippen molar-refractivity contribution in [3.05, 3.63) is 65.7 Å². The highest BCUT2D eigenvalue weighted by atomic mass is 16.5. The first-order valence-electron chi connectivity index (χ1n) is 7.88. The third-order valence-corrected chi connectivity index (χ3v) is 3.35. The molecule has 2 aromatic rings. The molecule has 0 aliphatic heterocycles. The largest absolute Gasteiger partial charge is 0.497 e. The predicted octanol–water partition coefficient (Wildman–Crippen LogP) is 3.09. The summed E-state index contributed by atoms with van der Waals surface area (Å²) in [5.41, 5.74) is 1.32. The molecule has 134 valence electrons. The van der Waals surface area contributed by atoms with E-state index in [0.717, 1.165) is 11.3 Å². The fourth-order valence-electron chi connectivity index (χ4n) is 2.08. The van der Waals surface area contributed by atoms with E-state index in [-0.39, 0.29) is 18.0 Å². The van der Waals surface area contributed by atoms with Crippen LogP contribution in [0.3, 0.4) is 0 Å². The summed E-state index contributed by atoms with van der Waals surface area (Å²) in [4.78, 5) is 35.1. The number of ether oxygens (including phenoxy) is 2. The topological polar surface area (TPSA) is 81.7 Å². The van der Waals surface area contributed by atoms with Crippen molar-refractivity contribution in [2.75, 3.05) is 19.0 Å². The number of hydrogen-bond acceptors (Lipinski definition) is 5. The Bertz CT molecular complexity index is 824. The first-order chi connectivity index (χ1) is 12.5. The second-order valence-corrected chi connectivity index (χ2v) is 5.42. The van der Waals surface area contributed by atoms with Crippen LogP contribution in [0, 0.1) is 0 Å². The molecule has 0 fully saturated rings. The molecule has 2 aromatic carbocycles. The Morgan fingerprint density at radius 2 is 1.73 bits per heavy atom. The van der Waals surface area contributed by atoms with Gasteiger partial charge in [0.25, 0.3) is 0 Å². The van der Waals surface area contributed by atoms with Gasteiger partial charge in [0.2, 0.25) is 5.91 Å². The summed E-state index contributed by atoms with van der Waals surface area (Å²) in [5, 5.41) is 2.64. The third-order valence-electron chi connectivity index (χ3n) is 3.35. The molecule has 0 atom stereocenters. The van der Waals surface area contributed by atoms with Crippen LogP contribution in [-0.4, -0.2) is 31.4 Å². The molecule has 1 amide bonds. The quantitative estimate of drug-likeness (QED) is 0.611. The van der Waals surface area contributed by atoms with E-state index in [1.54, 1.807) is 43.5 Å². The molecule has 0 bridgehead atoms. The first-order valence-corrected chi connectivity index (χ1v) is 7.88. The summed E-state index contributed by atoms with van der Waals surface area (Å²) >= 11 is 0. The number of esters is 1. The lowest BCUT2D eigenvalue weighted by molar-refractivity contribution is -0.120. The summed E-state index contributed by atoms with van der Waals surface area (Å²) in [6.07, 6.45) is 3.00. The lowest BCUT2D eigenvalue weighted by Crippen LogP contribution is -2.15. The van der Waals surface area contributed by atoms with Gasteiger partial charge in [-0.2, -0.15) is 0 Å². The molecule has 6 heteroatoms. The number of para-hydroxylation sites is 1. The average molecular weight is 353 g/mol. The minimum atomic E-state index is -0.671. The molecule has 26 heavy (non-hydrogen) atoms. The number of anilines is 1. The zero-order chi connectivity index (χ0) is 18.9. The molecule has 0 aliphatic rings. The van der Waals surface area contributed by atoms with Gasteiger partial charge in [0.15, 0.2) is 5.78 Å². The van der Waals surface area contributed by atoms with Crippen molar-refractivity contribution in [3.63, 3.8) is 0 Å². The van der Waals surface area contributed by atoms with Gasteiger partial charge in [0.1, 0.15) is 12.4 Å². The Hall–Kier alpha value is -3.41. The number of amides is 1. The minimum Gasteiger partial charge on any atom is -0.497 e. The predicted molar refractivity (Wildman–Crippen MR) is 98.1 cm³/mol. The fourth-order valence-corrected chi connectivity index (χ4v) is 2.08. The Morgan fingerprint density at radius 1 is 1.04 bits per heavy atom. The number of nitrogens with one attached hydrogen (secondary N) is 1. The molecule has 0 saturated heterocycles. The molecule has 0 radical (unpaired) electrons. The molecule has 0 saturated carbocycles. The Kier molecular flexibility index (Phi) is 6.68. The van der Waals surface area contributed by atoms with Gasteiger partial charge in [-0.15, -0.1) is 0 Å². The molecule has 0 aromatic heterocycles. The van der Waals surface area contributed by atoms with E-state index in [4.69, 9.17) is 9.47 Å². The highest BCUT2D eigenvalue weighted by Crippen LogP contribution is 2.17. The van der Waals surface area contributed by atoms with E-state index >= 15 is 0 Å². The van der Waals surface area contributed by atoms with Gasteiger partial charge in [-0.25, -0.2) is 4.79 Å². The van der Waals surface area contributed by atoms with Crippen molar-refractivity contribution >= 4 is 29.4 Å². The molecule has 2 rings (SSSR count). The van der Waals surface area contributed by atoms with Gasteiger partial charge in [0, 0.05) is 6.08 Å². The van der Waals surface area contributed by atoms with Gasteiger partial charge in [-0.05, 0) is 42.8 Å². The molecule has 0 unspecified atom stereocenters. The van der Waals surface area contributed by atoms with Crippen LogP contribution in [0.4, 0.5) is 5.69 Å². The lowest BCUT2D eigenvalue weighted by atomic mass is 10.1. The number of benzene rings is 2. The maximum Gasteiger partial charge on any atom is 0.340 e. The summed E-state index contributed by atoms with van der Waals surface area (Å²) in [5.74, 6) is -0.602. The van der Waals surface area contributed by atoms with Crippen molar-refractivity contribution in [2.24, 2.45) is 0 Å². The summed E-state index contributed by atoms with van der Waals surface area (Å²) in [6, 6.07) is 13.6. The first kappa shape index (κ1) is 18.9. The number of rotatable bonds is 7. The average Bonchev–Trinajstić information content (AvgIpc) is 2.65. The number of carbonyl (C=O) groups is 3. The van der Waals surface area contributed by atoms with Gasteiger partial charge >= 0.3 is 5.97 Å². The maximum absolute atomic E-state index is 12.1. The monoisotopic (exact) mass is 353 g/mol. The number of carbonyl (C=O) groups excluding carboxylic acids is 3. The van der Waals surface area contributed by atoms with E-state index in [0.29, 0.717) is 5.69 Å². The second-order valence-electron chi connectivity index (χ2n) is 5.42.